The molecule has 0 unspecified atom stereocenters. The van der Waals surface area contributed by atoms with Crippen molar-refractivity contribution < 1.29 is 5.11 Å². The molecule has 2 N–H and O–H groups in total. The van der Waals surface area contributed by atoms with Crippen LogP contribution in [0.2, 0.25) is 0 Å². The fraction of sp³-hybridized carbons (Fsp3) is 0.588. The molecule has 1 aliphatic rings. The summed E-state index contributed by atoms with van der Waals surface area (Å²) in [5, 5.41) is 9.33. The molecule has 3 rings (SSSR count). The number of aromatic nitrogens is 2. The molecule has 0 spiro atoms. The van der Waals surface area contributed by atoms with Gasteiger partial charge in [0, 0.05) is 38.3 Å². The molecular formula is C17H26N4O. The molecule has 2 aromatic rings. The van der Waals surface area contributed by atoms with E-state index in [2.05, 4.69) is 39.7 Å². The van der Waals surface area contributed by atoms with Gasteiger partial charge in [0.25, 0.3) is 0 Å². The number of H-pyrrole nitrogens is 1. The molecule has 22 heavy (non-hydrogen) atoms. The lowest BCUT2D eigenvalue weighted by atomic mass is 10.1. The van der Waals surface area contributed by atoms with Crippen molar-refractivity contribution in [1.29, 1.82) is 0 Å². The summed E-state index contributed by atoms with van der Waals surface area (Å²) in [6.45, 7) is 8.68. The van der Waals surface area contributed by atoms with Crippen LogP contribution in [-0.2, 0) is 6.54 Å². The molecule has 1 aliphatic heterocycles. The molecule has 1 aromatic carbocycles. The summed E-state index contributed by atoms with van der Waals surface area (Å²) in [6, 6.07) is 9.12. The molecular weight excluding hydrogens is 276 g/mol. The lowest BCUT2D eigenvalue weighted by molar-refractivity contribution is 0.0340. The van der Waals surface area contributed by atoms with Crippen molar-refractivity contribution in [3.8, 4) is 0 Å². The normalized spacial score (nSPS) is 21.0. The van der Waals surface area contributed by atoms with Crippen molar-refractivity contribution in [2.75, 3.05) is 26.2 Å². The van der Waals surface area contributed by atoms with Crippen molar-refractivity contribution in [3.05, 3.63) is 30.1 Å². The minimum absolute atomic E-state index is 0.256. The number of fused-ring (bicyclic) bond motifs is 1. The van der Waals surface area contributed by atoms with Crippen molar-refractivity contribution in [1.82, 2.24) is 19.8 Å². The molecule has 5 nitrogen and oxygen atoms in total. The van der Waals surface area contributed by atoms with Crippen LogP contribution in [0.25, 0.3) is 11.0 Å². The van der Waals surface area contributed by atoms with Gasteiger partial charge >= 0.3 is 0 Å². The van der Waals surface area contributed by atoms with Crippen molar-refractivity contribution in [2.24, 2.45) is 0 Å². The third-order valence-electron chi connectivity index (χ3n) is 4.55. The topological polar surface area (TPSA) is 55.4 Å². The number of para-hydroxylation sites is 2. The Morgan fingerprint density at radius 3 is 2.86 bits per heavy atom. The van der Waals surface area contributed by atoms with Gasteiger partial charge in [-0.1, -0.05) is 12.1 Å². The number of nitrogens with zero attached hydrogens (tertiary/aromatic N) is 3. The van der Waals surface area contributed by atoms with Gasteiger partial charge in [-0.05, 0) is 32.4 Å². The van der Waals surface area contributed by atoms with E-state index in [4.69, 9.17) is 0 Å². The minimum Gasteiger partial charge on any atom is -0.396 e. The molecule has 2 heterocycles. The summed E-state index contributed by atoms with van der Waals surface area (Å²) in [6.07, 6.45) is 0.842. The highest BCUT2D eigenvalue weighted by molar-refractivity contribution is 5.74. The van der Waals surface area contributed by atoms with Gasteiger partial charge in [-0.25, -0.2) is 4.98 Å². The zero-order valence-electron chi connectivity index (χ0n) is 13.5. The van der Waals surface area contributed by atoms with Crippen LogP contribution in [0.15, 0.2) is 24.3 Å². The number of hydrogen-bond donors (Lipinski definition) is 2. The predicted octanol–water partition coefficient (Wildman–Crippen LogP) is 1.84. The molecule has 1 saturated heterocycles. The molecule has 1 fully saturated rings. The van der Waals surface area contributed by atoms with Gasteiger partial charge < -0.3 is 10.1 Å². The lowest BCUT2D eigenvalue weighted by Gasteiger charge is -2.43. The fourth-order valence-electron chi connectivity index (χ4n) is 3.46. The van der Waals surface area contributed by atoms with Crippen molar-refractivity contribution in [2.45, 2.75) is 38.9 Å². The van der Waals surface area contributed by atoms with E-state index in [1.165, 1.54) is 0 Å². The highest BCUT2D eigenvalue weighted by Gasteiger charge is 2.28. The number of aliphatic hydroxyl groups excluding tert-OH is 1. The SMILES string of the molecule is CC(C)N1CCN(Cc2nc3ccccc3[nH]2)C[C@@H]1CCO. The Balaban J connectivity index is 1.67. The summed E-state index contributed by atoms with van der Waals surface area (Å²) in [5.41, 5.74) is 2.13. The van der Waals surface area contributed by atoms with Crippen LogP contribution >= 0.6 is 0 Å². The van der Waals surface area contributed by atoms with Gasteiger partial charge in [0.1, 0.15) is 5.82 Å². The van der Waals surface area contributed by atoms with Gasteiger partial charge in [0.05, 0.1) is 17.6 Å². The second-order valence-electron chi connectivity index (χ2n) is 6.43. The summed E-state index contributed by atoms with van der Waals surface area (Å²) in [4.78, 5) is 13.0. The van der Waals surface area contributed by atoms with E-state index in [0.717, 1.165) is 49.5 Å². The number of nitrogens with one attached hydrogen (secondary N) is 1. The van der Waals surface area contributed by atoms with Gasteiger partial charge in [0.15, 0.2) is 0 Å². The Kier molecular flexibility index (Phi) is 4.76. The number of imidazole rings is 1. The third kappa shape index (κ3) is 3.32. The lowest BCUT2D eigenvalue weighted by Crippen LogP contribution is -2.55. The number of hydrogen-bond acceptors (Lipinski definition) is 4. The molecule has 1 aromatic heterocycles. The Morgan fingerprint density at radius 2 is 2.14 bits per heavy atom. The van der Waals surface area contributed by atoms with Gasteiger partial charge in [-0.15, -0.1) is 0 Å². The maximum atomic E-state index is 9.33. The van der Waals surface area contributed by atoms with Gasteiger partial charge in [-0.2, -0.15) is 0 Å². The fourth-order valence-corrected chi connectivity index (χ4v) is 3.46. The second-order valence-corrected chi connectivity index (χ2v) is 6.43. The van der Waals surface area contributed by atoms with E-state index < -0.39 is 0 Å². The minimum atomic E-state index is 0.256. The van der Waals surface area contributed by atoms with Gasteiger partial charge in [-0.3, -0.25) is 9.80 Å². The molecule has 5 heteroatoms. The van der Waals surface area contributed by atoms with Gasteiger partial charge in [0.2, 0.25) is 0 Å². The van der Waals surface area contributed by atoms with Crippen LogP contribution in [0, 0.1) is 0 Å². The summed E-state index contributed by atoms with van der Waals surface area (Å²) >= 11 is 0. The standard InChI is InChI=1S/C17H26N4O/c1-13(2)21-9-8-20(11-14(21)7-10-22)12-17-18-15-5-3-4-6-16(15)19-17/h3-6,13-14,22H,7-12H2,1-2H3,(H,18,19)/t14-/m0/s1. The Bertz CT molecular complexity index is 576. The number of benzene rings is 1. The highest BCUT2D eigenvalue weighted by Crippen LogP contribution is 2.18. The maximum absolute atomic E-state index is 9.33. The van der Waals surface area contributed by atoms with E-state index >= 15 is 0 Å². The number of aliphatic hydroxyl groups is 1. The molecule has 0 aliphatic carbocycles. The number of aromatic amines is 1. The maximum Gasteiger partial charge on any atom is 0.121 e. The van der Waals surface area contributed by atoms with E-state index in [1.54, 1.807) is 0 Å². The first kappa shape index (κ1) is 15.5. The second kappa shape index (κ2) is 6.77. The molecule has 0 radical (unpaired) electrons. The molecule has 0 saturated carbocycles. The van der Waals surface area contributed by atoms with Crippen molar-refractivity contribution >= 4 is 11.0 Å². The van der Waals surface area contributed by atoms with Crippen LogP contribution in [0.3, 0.4) is 0 Å². The Hall–Kier alpha value is -1.43. The Morgan fingerprint density at radius 1 is 1.32 bits per heavy atom. The van der Waals surface area contributed by atoms with E-state index in [9.17, 15) is 5.11 Å². The highest BCUT2D eigenvalue weighted by atomic mass is 16.3. The quantitative estimate of drug-likeness (QED) is 0.885. The van der Waals surface area contributed by atoms with Crippen molar-refractivity contribution in [3.63, 3.8) is 0 Å². The average Bonchev–Trinajstić information content (AvgIpc) is 2.89. The van der Waals surface area contributed by atoms with Crippen LogP contribution in [0.1, 0.15) is 26.1 Å². The first-order valence-electron chi connectivity index (χ1n) is 8.20. The van der Waals surface area contributed by atoms with Crippen LogP contribution in [-0.4, -0.2) is 63.2 Å². The zero-order valence-corrected chi connectivity index (χ0v) is 13.5. The first-order chi connectivity index (χ1) is 10.7. The molecule has 120 valence electrons. The zero-order chi connectivity index (χ0) is 15.5. The average molecular weight is 302 g/mol. The van der Waals surface area contributed by atoms with E-state index in [0.29, 0.717) is 12.1 Å². The first-order valence-corrected chi connectivity index (χ1v) is 8.20. The molecule has 1 atom stereocenters. The summed E-state index contributed by atoms with van der Waals surface area (Å²) in [7, 11) is 0. The molecule has 0 amide bonds. The largest absolute Gasteiger partial charge is 0.396 e. The summed E-state index contributed by atoms with van der Waals surface area (Å²) < 4.78 is 0. The Labute approximate surface area is 131 Å². The van der Waals surface area contributed by atoms with E-state index in [1.807, 2.05) is 18.2 Å². The van der Waals surface area contributed by atoms with Crippen LogP contribution in [0.5, 0.6) is 0 Å². The van der Waals surface area contributed by atoms with E-state index in [-0.39, 0.29) is 6.61 Å². The number of piperazine rings is 1. The number of rotatable bonds is 5. The third-order valence-corrected chi connectivity index (χ3v) is 4.55. The smallest absolute Gasteiger partial charge is 0.121 e. The van der Waals surface area contributed by atoms with Crippen LogP contribution in [0.4, 0.5) is 0 Å². The molecule has 0 bridgehead atoms. The predicted molar refractivity (Wildman–Crippen MR) is 88.7 cm³/mol. The van der Waals surface area contributed by atoms with Crippen LogP contribution < -0.4 is 0 Å². The monoisotopic (exact) mass is 302 g/mol. The summed E-state index contributed by atoms with van der Waals surface area (Å²) in [5.74, 6) is 1.03.